The molecule has 4 rings (SSSR count). The predicted molar refractivity (Wildman–Crippen MR) is 131 cm³/mol. The Hall–Kier alpha value is -3.66. The predicted octanol–water partition coefficient (Wildman–Crippen LogP) is 2.47. The van der Waals surface area contributed by atoms with Gasteiger partial charge in [0.1, 0.15) is 5.82 Å². The number of nitrogens with zero attached hydrogens (tertiary/aromatic N) is 4. The molecule has 0 spiro atoms. The van der Waals surface area contributed by atoms with Gasteiger partial charge in [-0.1, -0.05) is 6.07 Å². The molecule has 0 radical (unpaired) electrons. The summed E-state index contributed by atoms with van der Waals surface area (Å²) in [5.74, 6) is 0.312. The molecule has 3 heterocycles. The van der Waals surface area contributed by atoms with Crippen LogP contribution in [-0.2, 0) is 9.47 Å². The van der Waals surface area contributed by atoms with Crippen molar-refractivity contribution < 1.29 is 23.9 Å². The fourth-order valence-corrected chi connectivity index (χ4v) is 4.14. The lowest BCUT2D eigenvalue weighted by atomic mass is 10.1. The van der Waals surface area contributed by atoms with Crippen LogP contribution < -0.4 is 10.2 Å². The molecule has 2 aliphatic rings. The molecule has 0 bridgehead atoms. The number of hydrogen-bond acceptors (Lipinski definition) is 7. The van der Waals surface area contributed by atoms with Gasteiger partial charge in [0.25, 0.3) is 5.91 Å². The highest BCUT2D eigenvalue weighted by molar-refractivity contribution is 5.97. The fourth-order valence-electron chi connectivity index (χ4n) is 4.14. The molecule has 0 unspecified atom stereocenters. The number of amides is 3. The van der Waals surface area contributed by atoms with Crippen molar-refractivity contribution in [1.82, 2.24) is 14.8 Å². The van der Waals surface area contributed by atoms with Gasteiger partial charge in [-0.3, -0.25) is 4.79 Å². The maximum atomic E-state index is 12.9. The van der Waals surface area contributed by atoms with Gasteiger partial charge in [0, 0.05) is 56.7 Å². The molecule has 1 aromatic heterocycles. The minimum atomic E-state index is -0.388. The second-order valence-corrected chi connectivity index (χ2v) is 8.37. The average molecular weight is 482 g/mol. The Morgan fingerprint density at radius 3 is 2.54 bits per heavy atom. The van der Waals surface area contributed by atoms with Gasteiger partial charge in [-0.2, -0.15) is 0 Å². The third-order valence-corrected chi connectivity index (χ3v) is 6.03. The zero-order chi connectivity index (χ0) is 24.6. The number of hydrogen-bond donors (Lipinski definition) is 1. The maximum Gasteiger partial charge on any atom is 0.339 e. The van der Waals surface area contributed by atoms with E-state index >= 15 is 0 Å². The third-order valence-electron chi connectivity index (χ3n) is 6.03. The minimum absolute atomic E-state index is 0.0590. The lowest BCUT2D eigenvalue weighted by Crippen LogP contribution is -2.40. The summed E-state index contributed by atoms with van der Waals surface area (Å²) in [5.41, 5.74) is 1.55. The average Bonchev–Trinajstić information content (AvgIpc) is 3.16. The number of benzene rings is 1. The molecule has 35 heavy (non-hydrogen) atoms. The Kier molecular flexibility index (Phi) is 8.15. The zero-order valence-electron chi connectivity index (χ0n) is 19.9. The number of ether oxygens (including phenoxy) is 2. The molecule has 1 N–H and O–H groups in total. The van der Waals surface area contributed by atoms with E-state index in [2.05, 4.69) is 15.2 Å². The topological polar surface area (TPSA) is 104 Å². The molecule has 2 aromatic rings. The third kappa shape index (κ3) is 6.27. The molecule has 0 atom stereocenters. The van der Waals surface area contributed by atoms with Gasteiger partial charge in [0.15, 0.2) is 0 Å². The zero-order valence-corrected chi connectivity index (χ0v) is 19.9. The smallest absolute Gasteiger partial charge is 0.339 e. The van der Waals surface area contributed by atoms with Gasteiger partial charge in [0.2, 0.25) is 0 Å². The first-order valence-electron chi connectivity index (χ1n) is 12.0. The number of pyridine rings is 1. The van der Waals surface area contributed by atoms with E-state index in [1.54, 1.807) is 53.1 Å². The molecule has 186 valence electrons. The van der Waals surface area contributed by atoms with Crippen LogP contribution in [-0.4, -0.2) is 91.8 Å². The van der Waals surface area contributed by atoms with Crippen molar-refractivity contribution >= 4 is 29.4 Å². The van der Waals surface area contributed by atoms with Gasteiger partial charge >= 0.3 is 12.0 Å². The largest absolute Gasteiger partial charge is 0.462 e. The van der Waals surface area contributed by atoms with E-state index in [9.17, 15) is 14.4 Å². The minimum Gasteiger partial charge on any atom is -0.462 e. The van der Waals surface area contributed by atoms with E-state index in [1.165, 1.54) is 6.20 Å². The maximum absolute atomic E-state index is 12.9. The number of anilines is 2. The van der Waals surface area contributed by atoms with Crippen LogP contribution in [0.5, 0.6) is 0 Å². The number of aromatic nitrogens is 1. The summed E-state index contributed by atoms with van der Waals surface area (Å²) in [6.07, 6.45) is 2.30. The van der Waals surface area contributed by atoms with Crippen molar-refractivity contribution in [3.05, 3.63) is 53.7 Å². The lowest BCUT2D eigenvalue weighted by molar-refractivity contribution is 0.0303. The Balaban J connectivity index is 1.33. The first-order valence-corrected chi connectivity index (χ1v) is 12.0. The standard InChI is InChI=1S/C25H31N5O5/c1-2-35-24(32)20-7-8-22(26-18-20)28-9-4-10-30(12-11-28)25(33)27-21-6-3-5-19(17-21)23(31)29-13-15-34-16-14-29/h3,5-8,17-18H,2,4,9-16H2,1H3,(H,27,33). The van der Waals surface area contributed by atoms with Gasteiger partial charge in [0.05, 0.1) is 25.4 Å². The highest BCUT2D eigenvalue weighted by atomic mass is 16.5. The van der Waals surface area contributed by atoms with Crippen molar-refractivity contribution in [3.63, 3.8) is 0 Å². The van der Waals surface area contributed by atoms with Crippen LogP contribution >= 0.6 is 0 Å². The summed E-state index contributed by atoms with van der Waals surface area (Å²) >= 11 is 0. The second-order valence-electron chi connectivity index (χ2n) is 8.37. The molecule has 3 amide bonds. The van der Waals surface area contributed by atoms with Crippen LogP contribution in [0.2, 0.25) is 0 Å². The number of morpholine rings is 1. The number of carbonyl (C=O) groups excluding carboxylic acids is 3. The van der Waals surface area contributed by atoms with Gasteiger partial charge < -0.3 is 29.5 Å². The van der Waals surface area contributed by atoms with Crippen LogP contribution in [0.15, 0.2) is 42.6 Å². The summed E-state index contributed by atoms with van der Waals surface area (Å²) < 4.78 is 10.3. The van der Waals surface area contributed by atoms with E-state index in [0.29, 0.717) is 69.4 Å². The van der Waals surface area contributed by atoms with E-state index in [-0.39, 0.29) is 17.9 Å². The Morgan fingerprint density at radius 2 is 1.80 bits per heavy atom. The summed E-state index contributed by atoms with van der Waals surface area (Å²) in [6.45, 7) is 6.81. The van der Waals surface area contributed by atoms with E-state index in [0.717, 1.165) is 18.8 Å². The number of carbonyl (C=O) groups is 3. The molecule has 2 saturated heterocycles. The first kappa shape index (κ1) is 24.5. The Labute approximate surface area is 204 Å². The Bertz CT molecular complexity index is 1040. The molecule has 0 saturated carbocycles. The van der Waals surface area contributed by atoms with Crippen LogP contribution in [0, 0.1) is 0 Å². The van der Waals surface area contributed by atoms with E-state index in [1.807, 2.05) is 0 Å². The molecular weight excluding hydrogens is 450 g/mol. The summed E-state index contributed by atoms with van der Waals surface area (Å²) in [5, 5.41) is 2.93. The molecule has 2 aliphatic heterocycles. The molecular formula is C25H31N5O5. The van der Waals surface area contributed by atoms with Gasteiger partial charge in [-0.05, 0) is 43.7 Å². The van der Waals surface area contributed by atoms with Gasteiger partial charge in [-0.15, -0.1) is 0 Å². The van der Waals surface area contributed by atoms with Crippen LogP contribution in [0.25, 0.3) is 0 Å². The lowest BCUT2D eigenvalue weighted by Gasteiger charge is -2.27. The molecule has 10 nitrogen and oxygen atoms in total. The summed E-state index contributed by atoms with van der Waals surface area (Å²) in [4.78, 5) is 47.6. The fraction of sp³-hybridized carbons (Fsp3) is 0.440. The van der Waals surface area contributed by atoms with E-state index in [4.69, 9.17) is 9.47 Å². The number of nitrogens with one attached hydrogen (secondary N) is 1. The second kappa shape index (κ2) is 11.7. The van der Waals surface area contributed by atoms with Gasteiger partial charge in [-0.25, -0.2) is 14.6 Å². The first-order chi connectivity index (χ1) is 17.0. The summed E-state index contributed by atoms with van der Waals surface area (Å²) in [6, 6.07) is 10.4. The van der Waals surface area contributed by atoms with Crippen molar-refractivity contribution in [2.75, 3.05) is 69.3 Å². The normalized spacial score (nSPS) is 16.4. The molecule has 0 aliphatic carbocycles. The number of urea groups is 1. The van der Waals surface area contributed by atoms with Crippen LogP contribution in [0.4, 0.5) is 16.3 Å². The Morgan fingerprint density at radius 1 is 0.971 bits per heavy atom. The number of esters is 1. The van der Waals surface area contributed by atoms with Crippen molar-refractivity contribution in [2.45, 2.75) is 13.3 Å². The molecule has 2 fully saturated rings. The van der Waals surface area contributed by atoms with Crippen molar-refractivity contribution in [3.8, 4) is 0 Å². The quantitative estimate of drug-likeness (QED) is 0.654. The van der Waals surface area contributed by atoms with E-state index < -0.39 is 0 Å². The van der Waals surface area contributed by atoms with Crippen molar-refractivity contribution in [1.29, 1.82) is 0 Å². The summed E-state index contributed by atoms with van der Waals surface area (Å²) in [7, 11) is 0. The van der Waals surface area contributed by atoms with Crippen LogP contribution in [0.3, 0.4) is 0 Å². The van der Waals surface area contributed by atoms with Crippen LogP contribution in [0.1, 0.15) is 34.1 Å². The monoisotopic (exact) mass is 481 g/mol. The highest BCUT2D eigenvalue weighted by Crippen LogP contribution is 2.17. The molecule has 10 heteroatoms. The SMILES string of the molecule is CCOC(=O)c1ccc(N2CCCN(C(=O)Nc3cccc(C(=O)N4CCOCC4)c3)CC2)nc1. The highest BCUT2D eigenvalue weighted by Gasteiger charge is 2.22. The van der Waals surface area contributed by atoms with Crippen molar-refractivity contribution in [2.24, 2.45) is 0 Å². The molecule has 1 aromatic carbocycles. The number of rotatable bonds is 5.